The van der Waals surface area contributed by atoms with E-state index in [4.69, 9.17) is 23.2 Å². The van der Waals surface area contributed by atoms with E-state index < -0.39 is 0 Å². The number of carbonyl (C=O) groups excluding carboxylic acids is 1. The number of carbonyl (C=O) groups is 1. The Morgan fingerprint density at radius 1 is 1.50 bits per heavy atom. The first-order chi connectivity index (χ1) is 9.49. The van der Waals surface area contributed by atoms with E-state index in [1.54, 1.807) is 6.07 Å². The molecular weight excluding hydrogens is 295 g/mol. The van der Waals surface area contributed by atoms with Crippen LogP contribution in [0.25, 0.3) is 0 Å². The molecule has 5 heteroatoms. The lowest BCUT2D eigenvalue weighted by Crippen LogP contribution is -2.53. The predicted molar refractivity (Wildman–Crippen MR) is 83.4 cm³/mol. The zero-order valence-corrected chi connectivity index (χ0v) is 13.3. The van der Waals surface area contributed by atoms with E-state index in [2.05, 4.69) is 12.2 Å². The highest BCUT2D eigenvalue weighted by Gasteiger charge is 2.27. The van der Waals surface area contributed by atoms with Crippen LogP contribution in [0.2, 0.25) is 10.0 Å². The van der Waals surface area contributed by atoms with Crippen LogP contribution in [0.3, 0.4) is 0 Å². The van der Waals surface area contributed by atoms with Gasteiger partial charge in [0.05, 0.1) is 0 Å². The van der Waals surface area contributed by atoms with Gasteiger partial charge in [-0.15, -0.1) is 0 Å². The summed E-state index contributed by atoms with van der Waals surface area (Å²) in [6, 6.07) is 5.69. The van der Waals surface area contributed by atoms with Gasteiger partial charge in [-0.25, -0.2) is 0 Å². The van der Waals surface area contributed by atoms with Crippen molar-refractivity contribution in [3.8, 4) is 0 Å². The summed E-state index contributed by atoms with van der Waals surface area (Å²) in [6.45, 7) is 6.54. The van der Waals surface area contributed by atoms with Crippen molar-refractivity contribution in [1.29, 1.82) is 0 Å². The molecule has 1 aromatic rings. The van der Waals surface area contributed by atoms with Crippen LogP contribution in [0.4, 0.5) is 0 Å². The quantitative estimate of drug-likeness (QED) is 0.930. The first-order valence-corrected chi connectivity index (χ1v) is 7.69. The van der Waals surface area contributed by atoms with Crippen molar-refractivity contribution in [3.05, 3.63) is 33.8 Å². The van der Waals surface area contributed by atoms with Crippen molar-refractivity contribution in [2.75, 3.05) is 19.6 Å². The molecule has 3 nitrogen and oxygen atoms in total. The fourth-order valence-corrected chi connectivity index (χ4v) is 3.04. The molecule has 20 heavy (non-hydrogen) atoms. The van der Waals surface area contributed by atoms with Crippen LogP contribution in [0.1, 0.15) is 19.4 Å². The summed E-state index contributed by atoms with van der Waals surface area (Å²) < 4.78 is 0. The Morgan fingerprint density at radius 2 is 2.25 bits per heavy atom. The van der Waals surface area contributed by atoms with E-state index in [0.717, 1.165) is 25.2 Å². The maximum Gasteiger partial charge on any atom is 0.226 e. The lowest BCUT2D eigenvalue weighted by molar-refractivity contribution is -0.137. The normalized spacial score (nSPS) is 20.8. The zero-order chi connectivity index (χ0) is 14.7. The number of nitrogens with zero attached hydrogens (tertiary/aromatic N) is 1. The van der Waals surface area contributed by atoms with E-state index in [0.29, 0.717) is 16.5 Å². The summed E-state index contributed by atoms with van der Waals surface area (Å²) in [6.07, 6.45) is 0.644. The maximum absolute atomic E-state index is 12.5. The van der Waals surface area contributed by atoms with Crippen molar-refractivity contribution in [2.24, 2.45) is 5.92 Å². The van der Waals surface area contributed by atoms with Crippen LogP contribution in [0.5, 0.6) is 0 Å². The molecule has 0 radical (unpaired) electrons. The second-order valence-electron chi connectivity index (χ2n) is 5.43. The summed E-state index contributed by atoms with van der Waals surface area (Å²) in [5, 5.41) is 4.54. The topological polar surface area (TPSA) is 32.3 Å². The number of halogens is 2. The number of benzene rings is 1. The van der Waals surface area contributed by atoms with Gasteiger partial charge >= 0.3 is 0 Å². The minimum atomic E-state index is -0.0748. The van der Waals surface area contributed by atoms with Crippen molar-refractivity contribution in [1.82, 2.24) is 10.2 Å². The van der Waals surface area contributed by atoms with Crippen LogP contribution < -0.4 is 5.32 Å². The standard InChI is InChI=1S/C15H20Cl2N2O/c1-10(7-12-3-4-13(16)8-14(12)17)15(20)19-6-5-18-9-11(19)2/h3-4,8,10-11,18H,5-7,9H2,1-2H3. The summed E-state index contributed by atoms with van der Waals surface area (Å²) in [5.41, 5.74) is 0.972. The second-order valence-corrected chi connectivity index (χ2v) is 6.27. The number of piperazine rings is 1. The van der Waals surface area contributed by atoms with Crippen LogP contribution >= 0.6 is 23.2 Å². The number of rotatable bonds is 3. The SMILES string of the molecule is CC(Cc1ccc(Cl)cc1Cl)C(=O)N1CCNCC1C. The highest BCUT2D eigenvalue weighted by atomic mass is 35.5. The summed E-state index contributed by atoms with van der Waals surface area (Å²) in [4.78, 5) is 14.5. The van der Waals surface area contributed by atoms with Crippen LogP contribution in [-0.2, 0) is 11.2 Å². The van der Waals surface area contributed by atoms with E-state index in [9.17, 15) is 4.79 Å². The Bertz CT molecular complexity index is 493. The highest BCUT2D eigenvalue weighted by molar-refractivity contribution is 6.35. The summed E-state index contributed by atoms with van der Waals surface area (Å²) in [5.74, 6) is 0.124. The molecule has 1 amide bonds. The van der Waals surface area contributed by atoms with Gasteiger partial charge in [0, 0.05) is 41.6 Å². The Kier molecular flexibility index (Phi) is 5.30. The van der Waals surface area contributed by atoms with Crippen LogP contribution in [-0.4, -0.2) is 36.5 Å². The van der Waals surface area contributed by atoms with Gasteiger partial charge in [-0.05, 0) is 31.0 Å². The van der Waals surface area contributed by atoms with Crippen molar-refractivity contribution < 1.29 is 4.79 Å². The van der Waals surface area contributed by atoms with E-state index >= 15 is 0 Å². The molecule has 2 unspecified atom stereocenters. The lowest BCUT2D eigenvalue weighted by atomic mass is 9.98. The van der Waals surface area contributed by atoms with Crippen molar-refractivity contribution >= 4 is 29.1 Å². The molecule has 1 aliphatic rings. The van der Waals surface area contributed by atoms with E-state index in [1.807, 2.05) is 24.0 Å². The number of hydrogen-bond acceptors (Lipinski definition) is 2. The number of amides is 1. The minimum Gasteiger partial charge on any atom is -0.337 e. The third-order valence-corrected chi connectivity index (χ3v) is 4.33. The Labute approximate surface area is 130 Å². The van der Waals surface area contributed by atoms with Crippen LogP contribution in [0.15, 0.2) is 18.2 Å². The molecule has 1 aromatic carbocycles. The maximum atomic E-state index is 12.5. The average molecular weight is 315 g/mol. The van der Waals surface area contributed by atoms with Crippen molar-refractivity contribution in [2.45, 2.75) is 26.3 Å². The monoisotopic (exact) mass is 314 g/mol. The fourth-order valence-electron chi connectivity index (χ4n) is 2.56. The summed E-state index contributed by atoms with van der Waals surface area (Å²) >= 11 is 12.1. The molecular formula is C15H20Cl2N2O. The van der Waals surface area contributed by atoms with Gasteiger partial charge in [-0.2, -0.15) is 0 Å². The Morgan fingerprint density at radius 3 is 2.90 bits per heavy atom. The van der Waals surface area contributed by atoms with Crippen LogP contribution in [0, 0.1) is 5.92 Å². The third kappa shape index (κ3) is 3.66. The minimum absolute atomic E-state index is 0.0748. The highest BCUT2D eigenvalue weighted by Crippen LogP contribution is 2.24. The van der Waals surface area contributed by atoms with Gasteiger partial charge in [0.2, 0.25) is 5.91 Å². The van der Waals surface area contributed by atoms with Crippen molar-refractivity contribution in [3.63, 3.8) is 0 Å². The van der Waals surface area contributed by atoms with Gasteiger partial charge in [0.15, 0.2) is 0 Å². The molecule has 1 saturated heterocycles. The molecule has 1 heterocycles. The third-order valence-electron chi connectivity index (χ3n) is 3.75. The molecule has 0 aliphatic carbocycles. The average Bonchev–Trinajstić information content (AvgIpc) is 2.41. The molecule has 110 valence electrons. The largest absolute Gasteiger partial charge is 0.337 e. The predicted octanol–water partition coefficient (Wildman–Crippen LogP) is 2.99. The fraction of sp³-hybridized carbons (Fsp3) is 0.533. The molecule has 1 fully saturated rings. The lowest BCUT2D eigenvalue weighted by Gasteiger charge is -2.35. The van der Waals surface area contributed by atoms with Gasteiger partial charge in [0.25, 0.3) is 0 Å². The molecule has 0 saturated carbocycles. The molecule has 0 bridgehead atoms. The van der Waals surface area contributed by atoms with Gasteiger partial charge in [0.1, 0.15) is 0 Å². The number of hydrogen-bond donors (Lipinski definition) is 1. The molecule has 0 aromatic heterocycles. The summed E-state index contributed by atoms with van der Waals surface area (Å²) in [7, 11) is 0. The first kappa shape index (κ1) is 15.6. The second kappa shape index (κ2) is 6.79. The Balaban J connectivity index is 2.03. The smallest absolute Gasteiger partial charge is 0.226 e. The molecule has 2 atom stereocenters. The molecule has 0 spiro atoms. The Hall–Kier alpha value is -0.770. The zero-order valence-electron chi connectivity index (χ0n) is 11.8. The van der Waals surface area contributed by atoms with E-state index in [-0.39, 0.29) is 17.9 Å². The molecule has 2 rings (SSSR count). The molecule has 1 aliphatic heterocycles. The number of nitrogens with one attached hydrogen (secondary N) is 1. The van der Waals surface area contributed by atoms with Gasteiger partial charge in [-0.3, -0.25) is 4.79 Å². The van der Waals surface area contributed by atoms with Gasteiger partial charge < -0.3 is 10.2 Å². The molecule has 1 N–H and O–H groups in total. The van der Waals surface area contributed by atoms with E-state index in [1.165, 1.54) is 0 Å². The first-order valence-electron chi connectivity index (χ1n) is 6.94. The van der Waals surface area contributed by atoms with Gasteiger partial charge in [-0.1, -0.05) is 36.2 Å².